The van der Waals surface area contributed by atoms with Crippen LogP contribution in [0.2, 0.25) is 0 Å². The average molecular weight is 203 g/mol. The van der Waals surface area contributed by atoms with Gasteiger partial charge in [-0.05, 0) is 24.8 Å². The number of hydrogen-bond acceptors (Lipinski definition) is 4. The standard InChI is InChI=1S/C10H9N3S/c1-6-8(5-12)10(13)7(4-11)3-9(6)14-2/h3H,13H2,1-2H3. The topological polar surface area (TPSA) is 73.6 Å². The summed E-state index contributed by atoms with van der Waals surface area (Å²) >= 11 is 1.51. The van der Waals surface area contributed by atoms with Gasteiger partial charge in [0.1, 0.15) is 12.1 Å². The summed E-state index contributed by atoms with van der Waals surface area (Å²) in [6, 6.07) is 5.72. The SMILES string of the molecule is CSc1cc(C#N)c(N)c(C#N)c1C. The van der Waals surface area contributed by atoms with E-state index in [0.717, 1.165) is 10.5 Å². The third-order valence-electron chi connectivity index (χ3n) is 2.03. The van der Waals surface area contributed by atoms with Crippen molar-refractivity contribution >= 4 is 17.4 Å². The Hall–Kier alpha value is -1.65. The Morgan fingerprint density at radius 2 is 2.00 bits per heavy atom. The fourth-order valence-corrected chi connectivity index (χ4v) is 1.87. The molecule has 0 heterocycles. The minimum Gasteiger partial charge on any atom is -0.397 e. The Morgan fingerprint density at radius 3 is 2.43 bits per heavy atom. The molecule has 0 saturated heterocycles. The van der Waals surface area contributed by atoms with Gasteiger partial charge in [0, 0.05) is 4.90 Å². The molecule has 1 aromatic rings. The lowest BCUT2D eigenvalue weighted by Crippen LogP contribution is -1.99. The minimum absolute atomic E-state index is 0.283. The van der Waals surface area contributed by atoms with E-state index in [1.807, 2.05) is 25.3 Å². The van der Waals surface area contributed by atoms with Gasteiger partial charge in [-0.1, -0.05) is 0 Å². The van der Waals surface area contributed by atoms with Crippen molar-refractivity contribution in [1.82, 2.24) is 0 Å². The van der Waals surface area contributed by atoms with Gasteiger partial charge in [0.15, 0.2) is 0 Å². The molecule has 0 aliphatic rings. The largest absolute Gasteiger partial charge is 0.397 e. The second kappa shape index (κ2) is 4.04. The molecule has 0 spiro atoms. The molecule has 0 amide bonds. The van der Waals surface area contributed by atoms with Crippen LogP contribution in [0.25, 0.3) is 0 Å². The van der Waals surface area contributed by atoms with E-state index < -0.39 is 0 Å². The highest BCUT2D eigenvalue weighted by molar-refractivity contribution is 7.98. The van der Waals surface area contributed by atoms with E-state index in [2.05, 4.69) is 0 Å². The Balaban J connectivity index is 3.59. The monoisotopic (exact) mass is 203 g/mol. The lowest BCUT2D eigenvalue weighted by Gasteiger charge is -2.08. The molecule has 1 rings (SSSR count). The number of rotatable bonds is 1. The van der Waals surface area contributed by atoms with E-state index in [0.29, 0.717) is 11.1 Å². The highest BCUT2D eigenvalue weighted by atomic mass is 32.2. The highest BCUT2D eigenvalue weighted by Gasteiger charge is 2.11. The fourth-order valence-electron chi connectivity index (χ4n) is 1.23. The number of nitrogens with two attached hydrogens (primary N) is 1. The summed E-state index contributed by atoms with van der Waals surface area (Å²) in [6.07, 6.45) is 1.90. The smallest absolute Gasteiger partial charge is 0.102 e. The maximum atomic E-state index is 8.89. The van der Waals surface area contributed by atoms with Gasteiger partial charge in [0.25, 0.3) is 0 Å². The van der Waals surface area contributed by atoms with Gasteiger partial charge in [-0.25, -0.2) is 0 Å². The number of anilines is 1. The van der Waals surface area contributed by atoms with E-state index in [1.54, 1.807) is 6.07 Å². The predicted octanol–water partition coefficient (Wildman–Crippen LogP) is 2.04. The molecule has 70 valence electrons. The molecule has 0 bridgehead atoms. The van der Waals surface area contributed by atoms with Gasteiger partial charge >= 0.3 is 0 Å². The zero-order valence-corrected chi connectivity index (χ0v) is 8.77. The zero-order chi connectivity index (χ0) is 10.7. The second-order valence-electron chi connectivity index (χ2n) is 2.76. The van der Waals surface area contributed by atoms with Gasteiger partial charge in [0.05, 0.1) is 16.8 Å². The average Bonchev–Trinajstić information content (AvgIpc) is 2.19. The third-order valence-corrected chi connectivity index (χ3v) is 2.90. The maximum absolute atomic E-state index is 8.89. The van der Waals surface area contributed by atoms with Gasteiger partial charge in [-0.3, -0.25) is 0 Å². The molecule has 0 saturated carbocycles. The summed E-state index contributed by atoms with van der Waals surface area (Å²) in [5, 5.41) is 17.7. The molecule has 0 atom stereocenters. The lowest BCUT2D eigenvalue weighted by molar-refractivity contribution is 1.26. The van der Waals surface area contributed by atoms with Crippen molar-refractivity contribution in [2.45, 2.75) is 11.8 Å². The summed E-state index contributed by atoms with van der Waals surface area (Å²) in [4.78, 5) is 0.923. The van der Waals surface area contributed by atoms with E-state index in [1.165, 1.54) is 11.8 Å². The lowest BCUT2D eigenvalue weighted by atomic mass is 10.0. The molecule has 1 aromatic carbocycles. The summed E-state index contributed by atoms with van der Waals surface area (Å²) in [5.41, 5.74) is 7.58. The molecule has 4 heteroatoms. The molecule has 0 fully saturated rings. The van der Waals surface area contributed by atoms with Crippen molar-refractivity contribution < 1.29 is 0 Å². The van der Waals surface area contributed by atoms with Crippen molar-refractivity contribution in [3.8, 4) is 12.1 Å². The number of nitriles is 2. The minimum atomic E-state index is 0.283. The maximum Gasteiger partial charge on any atom is 0.102 e. The Labute approximate surface area is 87.1 Å². The van der Waals surface area contributed by atoms with Crippen molar-refractivity contribution in [2.24, 2.45) is 0 Å². The quantitative estimate of drug-likeness (QED) is 0.560. The fraction of sp³-hybridized carbons (Fsp3) is 0.200. The van der Waals surface area contributed by atoms with Crippen molar-refractivity contribution in [3.63, 3.8) is 0 Å². The Morgan fingerprint density at radius 1 is 1.36 bits per heavy atom. The molecular weight excluding hydrogens is 194 g/mol. The molecule has 3 nitrogen and oxygen atoms in total. The summed E-state index contributed by atoms with van der Waals surface area (Å²) in [6.45, 7) is 1.84. The van der Waals surface area contributed by atoms with Crippen LogP contribution in [0.1, 0.15) is 16.7 Å². The van der Waals surface area contributed by atoms with Gasteiger partial charge in [-0.2, -0.15) is 10.5 Å². The number of hydrogen-bond donors (Lipinski definition) is 1. The van der Waals surface area contributed by atoms with Gasteiger partial charge < -0.3 is 5.73 Å². The van der Waals surface area contributed by atoms with Crippen molar-refractivity contribution in [1.29, 1.82) is 10.5 Å². The van der Waals surface area contributed by atoms with Crippen LogP contribution in [0, 0.1) is 29.6 Å². The number of nitrogens with zero attached hydrogens (tertiary/aromatic N) is 2. The van der Waals surface area contributed by atoms with Crippen LogP contribution < -0.4 is 5.73 Å². The van der Waals surface area contributed by atoms with Crippen LogP contribution in [0.4, 0.5) is 5.69 Å². The van der Waals surface area contributed by atoms with E-state index in [4.69, 9.17) is 16.3 Å². The molecule has 14 heavy (non-hydrogen) atoms. The van der Waals surface area contributed by atoms with E-state index in [9.17, 15) is 0 Å². The van der Waals surface area contributed by atoms with E-state index >= 15 is 0 Å². The van der Waals surface area contributed by atoms with Crippen LogP contribution >= 0.6 is 11.8 Å². The van der Waals surface area contributed by atoms with Crippen LogP contribution in [0.15, 0.2) is 11.0 Å². The normalized spacial score (nSPS) is 9.14. The predicted molar refractivity (Wildman–Crippen MR) is 56.8 cm³/mol. The zero-order valence-electron chi connectivity index (χ0n) is 7.96. The number of benzene rings is 1. The summed E-state index contributed by atoms with van der Waals surface area (Å²) in [7, 11) is 0. The van der Waals surface area contributed by atoms with Crippen molar-refractivity contribution in [3.05, 3.63) is 22.8 Å². The van der Waals surface area contributed by atoms with Crippen molar-refractivity contribution in [2.75, 3.05) is 12.0 Å². The van der Waals surface area contributed by atoms with Gasteiger partial charge in [-0.15, -0.1) is 11.8 Å². The third kappa shape index (κ3) is 1.53. The molecule has 0 aromatic heterocycles. The Bertz CT molecular complexity index is 452. The second-order valence-corrected chi connectivity index (χ2v) is 3.61. The first kappa shape index (κ1) is 10.4. The molecular formula is C10H9N3S. The Kier molecular flexibility index (Phi) is 3.01. The first-order valence-corrected chi connectivity index (χ1v) is 5.15. The molecule has 0 unspecified atom stereocenters. The van der Waals surface area contributed by atoms with Crippen LogP contribution in [-0.2, 0) is 0 Å². The van der Waals surface area contributed by atoms with Gasteiger partial charge in [0.2, 0.25) is 0 Å². The summed E-state index contributed by atoms with van der Waals surface area (Å²) < 4.78 is 0. The van der Waals surface area contributed by atoms with Crippen LogP contribution in [0.3, 0.4) is 0 Å². The highest BCUT2D eigenvalue weighted by Crippen LogP contribution is 2.29. The number of nitrogen functional groups attached to an aromatic ring is 1. The molecule has 0 aliphatic heterocycles. The van der Waals surface area contributed by atoms with Crippen LogP contribution in [-0.4, -0.2) is 6.26 Å². The molecule has 2 N–H and O–H groups in total. The first-order valence-electron chi connectivity index (χ1n) is 3.93. The molecule has 0 aliphatic carbocycles. The van der Waals surface area contributed by atoms with Crippen LogP contribution in [0.5, 0.6) is 0 Å². The number of thioether (sulfide) groups is 1. The van der Waals surface area contributed by atoms with E-state index in [-0.39, 0.29) is 5.69 Å². The first-order chi connectivity index (χ1) is 6.65. The summed E-state index contributed by atoms with van der Waals surface area (Å²) in [5.74, 6) is 0. The molecule has 0 radical (unpaired) electrons.